The quantitative estimate of drug-likeness (QED) is 0.161. The fourth-order valence-electron chi connectivity index (χ4n) is 13.5. The minimum absolute atomic E-state index is 0.0383. The lowest BCUT2D eigenvalue weighted by molar-refractivity contribution is 0.590. The smallest absolute Gasteiger partial charge is 0.297 e. The van der Waals surface area contributed by atoms with Gasteiger partial charge in [0, 0.05) is 64.8 Å². The van der Waals surface area contributed by atoms with Gasteiger partial charge >= 0.3 is 0 Å². The van der Waals surface area contributed by atoms with E-state index < -0.39 is 0 Å². The minimum atomic E-state index is -0.278. The number of nitrogens with zero attached hydrogens (tertiary/aromatic N) is 4. The number of hydrogen-bond acceptors (Lipinski definition) is 5. The second kappa shape index (κ2) is 16.9. The number of para-hydroxylation sites is 2. The van der Waals surface area contributed by atoms with E-state index in [9.17, 15) is 0 Å². The zero-order valence-electron chi connectivity index (χ0n) is 47.3. The Morgan fingerprint density at radius 1 is 0.420 bits per heavy atom. The summed E-state index contributed by atoms with van der Waals surface area (Å²) in [6.07, 6.45) is 0. The molecule has 0 amide bonds. The summed E-state index contributed by atoms with van der Waals surface area (Å²) in [6, 6.07) is 77.8. The van der Waals surface area contributed by atoms with E-state index in [1.165, 1.54) is 92.2 Å². The summed E-state index contributed by atoms with van der Waals surface area (Å²) in [7, 11) is 0. The summed E-state index contributed by atoms with van der Waals surface area (Å²) >= 11 is 1.86. The van der Waals surface area contributed by atoms with Gasteiger partial charge in [0.15, 0.2) is 0 Å². The highest BCUT2D eigenvalue weighted by atomic mass is 32.1. The van der Waals surface area contributed by atoms with Crippen LogP contribution >= 0.6 is 11.3 Å². The van der Waals surface area contributed by atoms with Gasteiger partial charge in [0.1, 0.15) is 5.58 Å². The van der Waals surface area contributed by atoms with Crippen LogP contribution < -0.4 is 31.3 Å². The van der Waals surface area contributed by atoms with Crippen molar-refractivity contribution >= 4 is 139 Å². The van der Waals surface area contributed by atoms with Crippen molar-refractivity contribution in [3.63, 3.8) is 0 Å². The molecule has 0 N–H and O–H groups in total. The fourth-order valence-corrected chi connectivity index (χ4v) is 14.6. The zero-order valence-corrected chi connectivity index (χ0v) is 48.1. The third kappa shape index (κ3) is 7.10. The van der Waals surface area contributed by atoms with Crippen molar-refractivity contribution in [2.75, 3.05) is 14.7 Å². The van der Waals surface area contributed by atoms with Gasteiger partial charge in [-0.15, -0.1) is 11.3 Å². The molecular formula is C74H61BN4OS. The second-order valence-electron chi connectivity index (χ2n) is 25.8. The van der Waals surface area contributed by atoms with Crippen molar-refractivity contribution in [1.82, 2.24) is 4.57 Å². The van der Waals surface area contributed by atoms with E-state index in [0.29, 0.717) is 0 Å². The maximum Gasteiger partial charge on any atom is 0.297 e. The molecule has 0 unspecified atom stereocenters. The van der Waals surface area contributed by atoms with Gasteiger partial charge < -0.3 is 23.7 Å². The number of thiophene rings is 1. The monoisotopic (exact) mass is 1060 g/mol. The Labute approximate surface area is 478 Å². The van der Waals surface area contributed by atoms with E-state index in [2.05, 4.69) is 288 Å². The molecule has 0 saturated carbocycles. The van der Waals surface area contributed by atoms with Gasteiger partial charge in [-0.05, 0) is 158 Å². The first-order chi connectivity index (χ1) is 39.1. The summed E-state index contributed by atoms with van der Waals surface area (Å²) in [6.45, 7) is 20.9. The highest BCUT2D eigenvalue weighted by Crippen LogP contribution is 2.57. The van der Waals surface area contributed by atoms with Crippen LogP contribution in [0.25, 0.3) is 69.8 Å². The highest BCUT2D eigenvalue weighted by molar-refractivity contribution is 7.25. The molecule has 16 rings (SSSR count). The van der Waals surface area contributed by atoms with Crippen LogP contribution in [0.5, 0.6) is 0 Å². The van der Waals surface area contributed by atoms with Crippen LogP contribution in [-0.4, -0.2) is 11.3 Å². The lowest BCUT2D eigenvalue weighted by Gasteiger charge is -2.46. The van der Waals surface area contributed by atoms with Crippen molar-refractivity contribution in [2.45, 2.75) is 78.6 Å². The Hall–Kier alpha value is -8.78. The van der Waals surface area contributed by atoms with Gasteiger partial charge in [0.05, 0.1) is 45.1 Å². The SMILES string of the molecule is CC(C)(C)c1cc2c3c(c1)-n1c4ccc(C(C)(C)C)cc4c4cc(C(C)(C)C)cc(c41)N3c1cc(N(c3ccccc3)c3ccccc3)cc3c1B2c1oc2ccc(-c4ccccc4)cc2c1N3c1ccc2sc3ccccc3c2c1. The van der Waals surface area contributed by atoms with Crippen molar-refractivity contribution in [2.24, 2.45) is 0 Å². The van der Waals surface area contributed by atoms with Gasteiger partial charge in [-0.3, -0.25) is 0 Å². The minimum Gasteiger partial charge on any atom is -0.468 e. The molecule has 10 aromatic carbocycles. The molecule has 0 fully saturated rings. The van der Waals surface area contributed by atoms with Crippen molar-refractivity contribution in [3.8, 4) is 16.8 Å². The normalized spacial score (nSPS) is 13.7. The molecule has 0 aliphatic carbocycles. The Kier molecular flexibility index (Phi) is 10.0. The molecule has 81 heavy (non-hydrogen) atoms. The largest absolute Gasteiger partial charge is 0.468 e. The average Bonchev–Trinajstić information content (AvgIpc) is 2.88. The zero-order chi connectivity index (χ0) is 55.0. The van der Waals surface area contributed by atoms with Gasteiger partial charge in [-0.25, -0.2) is 0 Å². The van der Waals surface area contributed by atoms with Crippen LogP contribution in [0.4, 0.5) is 51.2 Å². The van der Waals surface area contributed by atoms with Crippen molar-refractivity contribution < 1.29 is 4.42 Å². The Morgan fingerprint density at radius 3 is 1.74 bits per heavy atom. The summed E-state index contributed by atoms with van der Waals surface area (Å²) < 4.78 is 12.8. The number of fused-ring (bicyclic) bond motifs is 14. The maximum atomic E-state index is 7.67. The number of furan rings is 1. The van der Waals surface area contributed by atoms with Gasteiger partial charge in [-0.2, -0.15) is 0 Å². The molecule has 0 spiro atoms. The molecule has 0 atom stereocenters. The second-order valence-corrected chi connectivity index (χ2v) is 26.9. The van der Waals surface area contributed by atoms with Crippen LogP contribution in [0.1, 0.15) is 79.0 Å². The third-order valence-corrected chi connectivity index (χ3v) is 18.8. The maximum absolute atomic E-state index is 7.67. The van der Waals surface area contributed by atoms with Crippen LogP contribution in [-0.2, 0) is 16.2 Å². The van der Waals surface area contributed by atoms with E-state index >= 15 is 0 Å². The molecular weight excluding hydrogens is 1000 g/mol. The number of benzene rings is 10. The van der Waals surface area contributed by atoms with E-state index in [1.807, 2.05) is 11.3 Å². The summed E-state index contributed by atoms with van der Waals surface area (Å²) in [4.78, 5) is 7.70. The number of rotatable bonds is 5. The predicted molar refractivity (Wildman–Crippen MR) is 347 cm³/mol. The topological polar surface area (TPSA) is 27.8 Å². The molecule has 5 nitrogen and oxygen atoms in total. The van der Waals surface area contributed by atoms with Crippen LogP contribution in [0.3, 0.4) is 0 Å². The number of hydrogen-bond donors (Lipinski definition) is 0. The number of anilines is 9. The standard InChI is InChI=1S/C74H61BN4OS/c1-72(2,3)46-30-32-59-54(36-46)56-37-47(73(4,5)6)39-62-68(56)78(59)63-40-48(74(7,8)9)38-58-70(63)79(62)61-43-52(76(49-23-15-11-16-24-49)50-25-17-12-18-26-50)42-60-67(61)75(58)71-69(57-35-45(29-33-64(57)80-71)44-21-13-10-14-22-44)77(60)51-31-34-66-55(41-51)53-27-19-20-28-65(53)81-66/h10-43H,1-9H3. The van der Waals surface area contributed by atoms with Crippen LogP contribution in [0, 0.1) is 0 Å². The Bertz CT molecular complexity index is 4740. The lowest BCUT2D eigenvalue weighted by atomic mass is 9.35. The third-order valence-electron chi connectivity index (χ3n) is 17.7. The molecule has 0 saturated heterocycles. The fraction of sp³-hybridized carbons (Fsp3) is 0.162. The Morgan fingerprint density at radius 2 is 1.04 bits per heavy atom. The summed E-state index contributed by atoms with van der Waals surface area (Å²) in [5.41, 5.74) is 23.8. The van der Waals surface area contributed by atoms with Gasteiger partial charge in [0.2, 0.25) is 0 Å². The molecule has 3 aromatic heterocycles. The van der Waals surface area contributed by atoms with E-state index in [0.717, 1.165) is 62.0 Å². The van der Waals surface area contributed by atoms with Crippen molar-refractivity contribution in [1.29, 1.82) is 0 Å². The molecule has 0 radical (unpaired) electrons. The summed E-state index contributed by atoms with van der Waals surface area (Å²) in [5.74, 6) is 0. The first kappa shape index (κ1) is 48.2. The van der Waals surface area contributed by atoms with Crippen molar-refractivity contribution in [3.05, 3.63) is 223 Å². The first-order valence-electron chi connectivity index (χ1n) is 28.6. The molecule has 3 aliphatic rings. The first-order valence-corrected chi connectivity index (χ1v) is 29.4. The molecule has 3 aliphatic heterocycles. The molecule has 6 heterocycles. The molecule has 13 aromatic rings. The van der Waals surface area contributed by atoms with Crippen LogP contribution in [0.15, 0.2) is 211 Å². The van der Waals surface area contributed by atoms with E-state index in [-0.39, 0.29) is 23.0 Å². The molecule has 392 valence electrons. The van der Waals surface area contributed by atoms with Crippen LogP contribution in [0.2, 0.25) is 0 Å². The average molecular weight is 1070 g/mol. The van der Waals surface area contributed by atoms with Gasteiger partial charge in [-0.1, -0.05) is 165 Å². The number of aromatic nitrogens is 1. The lowest BCUT2D eigenvalue weighted by Crippen LogP contribution is -2.61. The highest BCUT2D eigenvalue weighted by Gasteiger charge is 2.50. The van der Waals surface area contributed by atoms with Gasteiger partial charge in [0.25, 0.3) is 6.71 Å². The molecule has 0 bridgehead atoms. The summed E-state index contributed by atoms with van der Waals surface area (Å²) in [5, 5.41) is 6.16. The molecule has 7 heteroatoms. The Balaban J connectivity index is 1.10. The van der Waals surface area contributed by atoms with E-state index in [4.69, 9.17) is 4.42 Å². The predicted octanol–water partition coefficient (Wildman–Crippen LogP) is 19.3. The van der Waals surface area contributed by atoms with E-state index in [1.54, 1.807) is 0 Å².